The topological polar surface area (TPSA) is 178 Å². The van der Waals surface area contributed by atoms with Gasteiger partial charge in [0.25, 0.3) is 0 Å². The fourth-order valence-electron chi connectivity index (χ4n) is 5.93. The monoisotopic (exact) mass is 651 g/mol. The highest BCUT2D eigenvalue weighted by Gasteiger charge is 2.64. The van der Waals surface area contributed by atoms with Gasteiger partial charge in [-0.1, -0.05) is 23.7 Å². The van der Waals surface area contributed by atoms with Gasteiger partial charge < -0.3 is 29.4 Å². The Morgan fingerprint density at radius 3 is 2.91 bits per heavy atom. The minimum absolute atomic E-state index is 0.0444. The number of carbonyl (C=O) groups is 1. The Bertz CT molecular complexity index is 1600. The van der Waals surface area contributed by atoms with Crippen molar-refractivity contribution in [3.63, 3.8) is 0 Å². The minimum Gasteiger partial charge on any atom is -0.473 e. The number of nitrogens with two attached hydrogens (primary N) is 1. The van der Waals surface area contributed by atoms with Gasteiger partial charge in [-0.05, 0) is 43.9 Å². The third-order valence-corrected chi connectivity index (χ3v) is 9.78. The van der Waals surface area contributed by atoms with Crippen molar-refractivity contribution in [1.29, 1.82) is 0 Å². The lowest BCUT2D eigenvalue weighted by atomic mass is 9.96. The quantitative estimate of drug-likeness (QED) is 0.266. The second kappa shape index (κ2) is 11.7. The molecule has 0 radical (unpaired) electrons. The van der Waals surface area contributed by atoms with Crippen LogP contribution in [0, 0.1) is 0 Å². The summed E-state index contributed by atoms with van der Waals surface area (Å²) in [5.41, 5.74) is 6.09. The van der Waals surface area contributed by atoms with Crippen molar-refractivity contribution in [3.05, 3.63) is 41.2 Å². The molecule has 15 nitrogen and oxygen atoms in total. The van der Waals surface area contributed by atoms with Crippen molar-refractivity contribution >= 4 is 42.7 Å². The third kappa shape index (κ3) is 5.62. The summed E-state index contributed by atoms with van der Waals surface area (Å²) in [6.07, 6.45) is 0.566. The van der Waals surface area contributed by atoms with Crippen LogP contribution in [0.3, 0.4) is 0 Å². The second-order valence-electron chi connectivity index (χ2n) is 11.1. The smallest absolute Gasteiger partial charge is 0.473 e. The van der Waals surface area contributed by atoms with Gasteiger partial charge in [0.05, 0.1) is 31.7 Å². The molecule has 0 saturated carbocycles. The van der Waals surface area contributed by atoms with Gasteiger partial charge in [0.2, 0.25) is 11.8 Å². The van der Waals surface area contributed by atoms with E-state index in [1.54, 1.807) is 29.7 Å². The summed E-state index contributed by atoms with van der Waals surface area (Å²) < 4.78 is 61.1. The van der Waals surface area contributed by atoms with Gasteiger partial charge in [-0.25, -0.2) is 14.3 Å². The standard InChI is InChI=1S/C27H31ClN5O10P/c1-27-21(41-26(34)42-27)19(13-39-44(35)38-10-8-18(43-44)15-5-4-6-16(28)11-15)40-24(27)33-14-30-20-22(33)31-25(29)32-23(20)37-12-17-7-2-3-9-36-17/h4-6,11,14,17-19,21,24H,2-3,7-10,12-13H2,1H3,(H2,29,31,32)/t17-,18-,19+,21+,24+,27+,44+/m0/s1. The number of ether oxygens (including phenoxy) is 5. The highest BCUT2D eigenvalue weighted by molar-refractivity contribution is 7.48. The zero-order valence-electron chi connectivity index (χ0n) is 23.7. The summed E-state index contributed by atoms with van der Waals surface area (Å²) >= 11 is 6.13. The first kappa shape index (κ1) is 29.7. The van der Waals surface area contributed by atoms with Gasteiger partial charge in [0.15, 0.2) is 29.1 Å². The molecule has 2 aromatic heterocycles. The Kier molecular flexibility index (Phi) is 7.90. The number of hydrogen-bond acceptors (Lipinski definition) is 14. The van der Waals surface area contributed by atoms with E-state index in [2.05, 4.69) is 15.0 Å². The number of anilines is 1. The van der Waals surface area contributed by atoms with Gasteiger partial charge in [-0.3, -0.25) is 18.1 Å². The van der Waals surface area contributed by atoms with Crippen molar-refractivity contribution in [3.8, 4) is 5.88 Å². The first-order chi connectivity index (χ1) is 21.2. The SMILES string of the molecule is C[C@@]12OC(=O)O[C@@H]1[C@@H](CO[P@@]1(=O)OCC[C@@H](c3cccc(Cl)c3)O1)O[C@H]2n1cnc2c(OC[C@@H]3CCCCO3)nc(N)nc21. The van der Waals surface area contributed by atoms with E-state index in [0.29, 0.717) is 29.2 Å². The third-order valence-electron chi connectivity index (χ3n) is 8.07. The largest absolute Gasteiger partial charge is 0.509 e. The number of imidazole rings is 1. The first-order valence-corrected chi connectivity index (χ1v) is 16.2. The Balaban J connectivity index is 1.10. The number of rotatable bonds is 8. The maximum Gasteiger partial charge on any atom is 0.509 e. The molecule has 236 valence electrons. The van der Waals surface area contributed by atoms with E-state index >= 15 is 0 Å². The number of carbonyl (C=O) groups excluding carboxylic acids is 1. The van der Waals surface area contributed by atoms with E-state index < -0.39 is 44.1 Å². The molecule has 7 rings (SSSR count). The highest BCUT2D eigenvalue weighted by atomic mass is 35.5. The van der Waals surface area contributed by atoms with Crippen LogP contribution in [0.25, 0.3) is 11.2 Å². The molecule has 4 saturated heterocycles. The zero-order valence-corrected chi connectivity index (χ0v) is 25.4. The minimum atomic E-state index is -4.02. The number of nitrogen functional groups attached to an aromatic ring is 1. The molecule has 17 heteroatoms. The molecule has 1 aromatic carbocycles. The molecule has 0 spiro atoms. The van der Waals surface area contributed by atoms with Crippen LogP contribution >= 0.6 is 19.4 Å². The van der Waals surface area contributed by atoms with Gasteiger partial charge in [0.1, 0.15) is 12.7 Å². The van der Waals surface area contributed by atoms with Gasteiger partial charge in [-0.15, -0.1) is 0 Å². The predicted octanol–water partition coefficient (Wildman–Crippen LogP) is 4.50. The maximum absolute atomic E-state index is 13.5. The molecule has 44 heavy (non-hydrogen) atoms. The van der Waals surface area contributed by atoms with E-state index in [0.717, 1.165) is 24.8 Å². The summed E-state index contributed by atoms with van der Waals surface area (Å²) in [5.74, 6) is 0.149. The van der Waals surface area contributed by atoms with Crippen LogP contribution < -0.4 is 10.5 Å². The summed E-state index contributed by atoms with van der Waals surface area (Å²) in [7, 11) is -4.02. The molecular formula is C27H31ClN5O10P. The van der Waals surface area contributed by atoms with Crippen molar-refractivity contribution in [2.45, 2.75) is 68.9 Å². The lowest BCUT2D eigenvalue weighted by Gasteiger charge is -2.30. The molecule has 0 aliphatic carbocycles. The van der Waals surface area contributed by atoms with E-state index in [9.17, 15) is 9.36 Å². The molecule has 2 N–H and O–H groups in total. The van der Waals surface area contributed by atoms with Crippen molar-refractivity contribution in [2.75, 3.05) is 32.2 Å². The normalized spacial score (nSPS) is 33.6. The lowest BCUT2D eigenvalue weighted by molar-refractivity contribution is -0.0925. The number of phosphoric ester groups is 1. The van der Waals surface area contributed by atoms with Crippen molar-refractivity contribution in [1.82, 2.24) is 19.5 Å². The van der Waals surface area contributed by atoms with Gasteiger partial charge in [0, 0.05) is 18.1 Å². The van der Waals surface area contributed by atoms with E-state index in [1.165, 1.54) is 6.33 Å². The van der Waals surface area contributed by atoms with Crippen molar-refractivity contribution < 1.29 is 46.6 Å². The Morgan fingerprint density at radius 2 is 2.09 bits per heavy atom. The summed E-state index contributed by atoms with van der Waals surface area (Å²) in [6, 6.07) is 7.08. The van der Waals surface area contributed by atoms with Crippen LogP contribution in [0.2, 0.25) is 5.02 Å². The summed E-state index contributed by atoms with van der Waals surface area (Å²) in [5, 5.41) is 0.525. The maximum atomic E-state index is 13.5. The molecule has 4 aliphatic rings. The Morgan fingerprint density at radius 1 is 1.20 bits per heavy atom. The highest BCUT2D eigenvalue weighted by Crippen LogP contribution is 2.58. The molecule has 0 unspecified atom stereocenters. The second-order valence-corrected chi connectivity index (χ2v) is 13.2. The number of nitrogens with zero attached hydrogens (tertiary/aromatic N) is 4. The molecule has 4 aliphatic heterocycles. The molecule has 0 amide bonds. The average molecular weight is 652 g/mol. The Labute approximate surface area is 256 Å². The fourth-order valence-corrected chi connectivity index (χ4v) is 7.52. The van der Waals surface area contributed by atoms with E-state index in [1.807, 2.05) is 6.07 Å². The number of fused-ring (bicyclic) bond motifs is 2. The van der Waals surface area contributed by atoms with Crippen LogP contribution in [0.4, 0.5) is 10.7 Å². The molecule has 4 fully saturated rings. The Hall–Kier alpha value is -3.04. The number of phosphoric acid groups is 1. The first-order valence-electron chi connectivity index (χ1n) is 14.3. The lowest BCUT2D eigenvalue weighted by Crippen LogP contribution is -2.42. The summed E-state index contributed by atoms with van der Waals surface area (Å²) in [4.78, 5) is 25.4. The van der Waals surface area contributed by atoms with Crippen LogP contribution in [0.15, 0.2) is 30.6 Å². The molecule has 6 heterocycles. The average Bonchev–Trinajstić information content (AvgIpc) is 3.64. The van der Waals surface area contributed by atoms with Crippen LogP contribution in [-0.4, -0.2) is 76.0 Å². The van der Waals surface area contributed by atoms with Crippen LogP contribution in [-0.2, 0) is 37.1 Å². The van der Waals surface area contributed by atoms with Gasteiger partial charge in [-0.2, -0.15) is 9.97 Å². The molecule has 0 bridgehead atoms. The van der Waals surface area contributed by atoms with Crippen LogP contribution in [0.1, 0.15) is 50.5 Å². The van der Waals surface area contributed by atoms with Crippen molar-refractivity contribution in [2.24, 2.45) is 0 Å². The van der Waals surface area contributed by atoms with Gasteiger partial charge >= 0.3 is 14.0 Å². The number of halogens is 1. The van der Waals surface area contributed by atoms with Crippen LogP contribution in [0.5, 0.6) is 5.88 Å². The number of benzene rings is 1. The molecule has 7 atom stereocenters. The van der Waals surface area contributed by atoms with E-state index in [4.69, 9.17) is 54.6 Å². The summed E-state index contributed by atoms with van der Waals surface area (Å²) in [6.45, 7) is 2.47. The molecular weight excluding hydrogens is 621 g/mol. The molecule has 3 aromatic rings. The zero-order chi connectivity index (χ0) is 30.5. The fraction of sp³-hybridized carbons (Fsp3) is 0.556. The van der Waals surface area contributed by atoms with E-state index in [-0.39, 0.29) is 37.8 Å². The number of hydrogen-bond donors (Lipinski definition) is 1. The predicted molar refractivity (Wildman–Crippen MR) is 152 cm³/mol. The number of aromatic nitrogens is 4.